The Morgan fingerprint density at radius 1 is 1.19 bits per heavy atom. The minimum atomic E-state index is -0.611. The van der Waals surface area contributed by atoms with Gasteiger partial charge >= 0.3 is 6.03 Å². The van der Waals surface area contributed by atoms with Crippen LogP contribution >= 0.6 is 11.8 Å². The van der Waals surface area contributed by atoms with E-state index in [1.54, 1.807) is 19.1 Å². The summed E-state index contributed by atoms with van der Waals surface area (Å²) in [5.41, 5.74) is 2.13. The normalized spacial score (nSPS) is 17.2. The topological polar surface area (TPSA) is 106 Å². The zero-order valence-corrected chi connectivity index (χ0v) is 15.9. The number of benzene rings is 1. The second-order valence-corrected chi connectivity index (χ2v) is 7.16. The van der Waals surface area contributed by atoms with Gasteiger partial charge in [-0.2, -0.15) is 0 Å². The van der Waals surface area contributed by atoms with Crippen LogP contribution in [-0.2, 0) is 11.2 Å². The molecule has 0 bridgehead atoms. The maximum absolute atomic E-state index is 12.2. The van der Waals surface area contributed by atoms with Crippen molar-refractivity contribution in [3.05, 3.63) is 41.3 Å². The van der Waals surface area contributed by atoms with Crippen LogP contribution < -0.4 is 0 Å². The summed E-state index contributed by atoms with van der Waals surface area (Å²) in [5, 5.41) is 8.09. The number of thioether (sulfide) groups is 1. The largest absolute Gasteiger partial charge is 0.416 e. The Labute approximate surface area is 160 Å². The quantitative estimate of drug-likeness (QED) is 0.555. The summed E-state index contributed by atoms with van der Waals surface area (Å²) in [6.07, 6.45) is 0.158. The Morgan fingerprint density at radius 3 is 2.59 bits per heavy atom. The Bertz CT molecular complexity index is 920. The van der Waals surface area contributed by atoms with Crippen molar-refractivity contribution >= 4 is 35.2 Å². The van der Waals surface area contributed by atoms with Gasteiger partial charge in [0.2, 0.25) is 11.8 Å². The van der Waals surface area contributed by atoms with E-state index in [9.17, 15) is 14.4 Å². The first-order chi connectivity index (χ1) is 12.8. The number of imide groups is 1. The smallest absolute Gasteiger partial charge is 0.349 e. The molecule has 1 aromatic carbocycles. The number of amides is 3. The van der Waals surface area contributed by atoms with Gasteiger partial charge in [-0.1, -0.05) is 41.6 Å². The van der Waals surface area contributed by atoms with E-state index in [0.717, 1.165) is 22.2 Å². The summed E-state index contributed by atoms with van der Waals surface area (Å²) in [5.74, 6) is -0.569. The average molecular weight is 386 g/mol. The van der Waals surface area contributed by atoms with Crippen molar-refractivity contribution in [2.24, 2.45) is 10.9 Å². The van der Waals surface area contributed by atoms with Crippen molar-refractivity contribution in [2.45, 2.75) is 25.5 Å². The molecule has 3 rings (SSSR count). The zero-order valence-electron chi connectivity index (χ0n) is 15.1. The predicted octanol–water partition coefficient (Wildman–Crippen LogP) is 2.56. The first-order valence-electron chi connectivity index (χ1n) is 8.27. The molecule has 1 atom stereocenters. The highest BCUT2D eigenvalue weighted by Gasteiger charge is 2.34. The standard InChI is InChI=1S/C18H18N4O4S/c1-10-4-6-12(7-5-10)14(23)9-27-18-21-20-15(26-18)8-13-11(2)19-17(25)22(3)16(13)24/h4-7,13H,8-9H2,1-3H3. The first kappa shape index (κ1) is 19.0. The Kier molecular flexibility index (Phi) is 5.50. The Morgan fingerprint density at radius 2 is 1.89 bits per heavy atom. The maximum Gasteiger partial charge on any atom is 0.349 e. The number of aliphatic imine (C=N–C) groups is 1. The van der Waals surface area contributed by atoms with E-state index >= 15 is 0 Å². The van der Waals surface area contributed by atoms with E-state index in [0.29, 0.717) is 11.3 Å². The average Bonchev–Trinajstić information content (AvgIpc) is 3.10. The molecule has 8 nitrogen and oxygen atoms in total. The molecule has 3 amide bonds. The highest BCUT2D eigenvalue weighted by molar-refractivity contribution is 7.99. The lowest BCUT2D eigenvalue weighted by Gasteiger charge is -2.24. The molecule has 0 fully saturated rings. The fraction of sp³-hybridized carbons (Fsp3) is 0.333. The van der Waals surface area contributed by atoms with Gasteiger partial charge in [0.15, 0.2) is 5.78 Å². The number of rotatable bonds is 6. The highest BCUT2D eigenvalue weighted by atomic mass is 32.2. The number of urea groups is 1. The molecule has 1 aliphatic heterocycles. The second-order valence-electron chi connectivity index (χ2n) is 6.23. The van der Waals surface area contributed by atoms with Crippen LogP contribution in [-0.4, -0.2) is 51.3 Å². The SMILES string of the molecule is CC1=NC(=O)N(C)C(=O)C1Cc1nnc(SCC(=O)c2ccc(C)cc2)o1. The van der Waals surface area contributed by atoms with Crippen molar-refractivity contribution in [2.75, 3.05) is 12.8 Å². The molecule has 1 unspecified atom stereocenters. The number of Topliss-reactive ketones (excluding diaryl/α,β-unsaturated/α-hetero) is 1. The molecule has 1 aliphatic rings. The minimum absolute atomic E-state index is 0.0367. The number of nitrogens with zero attached hydrogens (tertiary/aromatic N) is 4. The summed E-state index contributed by atoms with van der Waals surface area (Å²) in [6.45, 7) is 3.58. The Hall–Kier alpha value is -2.81. The fourth-order valence-corrected chi connectivity index (χ4v) is 3.22. The van der Waals surface area contributed by atoms with Crippen LogP contribution in [0.4, 0.5) is 4.79 Å². The van der Waals surface area contributed by atoms with Gasteiger partial charge < -0.3 is 4.42 Å². The number of aryl methyl sites for hydroxylation is 1. The van der Waals surface area contributed by atoms with Crippen molar-refractivity contribution in [3.63, 3.8) is 0 Å². The lowest BCUT2D eigenvalue weighted by atomic mass is 9.97. The van der Waals surface area contributed by atoms with Crippen LogP contribution in [0.3, 0.4) is 0 Å². The maximum atomic E-state index is 12.2. The highest BCUT2D eigenvalue weighted by Crippen LogP contribution is 2.22. The molecule has 2 aromatic rings. The lowest BCUT2D eigenvalue weighted by Crippen LogP contribution is -2.44. The zero-order chi connectivity index (χ0) is 19.6. The van der Waals surface area contributed by atoms with Crippen LogP contribution in [0.1, 0.15) is 28.7 Å². The van der Waals surface area contributed by atoms with E-state index in [1.165, 1.54) is 7.05 Å². The number of ketones is 1. The van der Waals surface area contributed by atoms with Gasteiger partial charge in [-0.05, 0) is 13.8 Å². The molecule has 0 radical (unpaired) electrons. The van der Waals surface area contributed by atoms with Gasteiger partial charge in [-0.15, -0.1) is 10.2 Å². The van der Waals surface area contributed by atoms with E-state index in [-0.39, 0.29) is 35.0 Å². The molecule has 140 valence electrons. The third-order valence-corrected chi connectivity index (χ3v) is 5.04. The summed E-state index contributed by atoms with van der Waals surface area (Å²) >= 11 is 1.14. The van der Waals surface area contributed by atoms with Gasteiger partial charge in [0.1, 0.15) is 0 Å². The van der Waals surface area contributed by atoms with Gasteiger partial charge in [0, 0.05) is 24.7 Å². The molecule has 0 saturated heterocycles. The fourth-order valence-electron chi connectivity index (χ4n) is 2.55. The molecular formula is C18H18N4O4S. The van der Waals surface area contributed by atoms with Crippen LogP contribution in [0, 0.1) is 12.8 Å². The molecular weight excluding hydrogens is 368 g/mol. The van der Waals surface area contributed by atoms with E-state index in [2.05, 4.69) is 15.2 Å². The number of carbonyl (C=O) groups excluding carboxylic acids is 3. The van der Waals surface area contributed by atoms with Crippen LogP contribution in [0.2, 0.25) is 0 Å². The molecule has 0 aliphatic carbocycles. The molecule has 1 aromatic heterocycles. The second kappa shape index (κ2) is 7.83. The van der Waals surface area contributed by atoms with E-state index < -0.39 is 11.9 Å². The van der Waals surface area contributed by atoms with Gasteiger partial charge in [0.25, 0.3) is 5.22 Å². The number of hydrogen-bond acceptors (Lipinski definition) is 7. The number of carbonyl (C=O) groups is 3. The summed E-state index contributed by atoms with van der Waals surface area (Å²) in [6, 6.07) is 6.76. The number of aromatic nitrogens is 2. The lowest BCUT2D eigenvalue weighted by molar-refractivity contribution is -0.129. The van der Waals surface area contributed by atoms with Crippen LogP contribution in [0.25, 0.3) is 0 Å². The van der Waals surface area contributed by atoms with Crippen LogP contribution in [0.15, 0.2) is 38.9 Å². The summed E-state index contributed by atoms with van der Waals surface area (Å²) < 4.78 is 5.53. The molecule has 0 spiro atoms. The first-order valence-corrected chi connectivity index (χ1v) is 9.25. The molecule has 0 saturated carbocycles. The summed E-state index contributed by atoms with van der Waals surface area (Å²) in [4.78, 5) is 40.8. The summed E-state index contributed by atoms with van der Waals surface area (Å²) in [7, 11) is 1.39. The van der Waals surface area contributed by atoms with Crippen LogP contribution in [0.5, 0.6) is 0 Å². The van der Waals surface area contributed by atoms with Crippen molar-refractivity contribution < 1.29 is 18.8 Å². The predicted molar refractivity (Wildman–Crippen MR) is 99.0 cm³/mol. The van der Waals surface area contributed by atoms with Gasteiger partial charge in [0.05, 0.1) is 11.7 Å². The van der Waals surface area contributed by atoms with Gasteiger partial charge in [-0.25, -0.2) is 9.79 Å². The molecule has 0 N–H and O–H groups in total. The van der Waals surface area contributed by atoms with Crippen molar-refractivity contribution in [1.82, 2.24) is 15.1 Å². The third kappa shape index (κ3) is 4.30. The van der Waals surface area contributed by atoms with E-state index in [1.807, 2.05) is 19.1 Å². The van der Waals surface area contributed by atoms with E-state index in [4.69, 9.17) is 4.42 Å². The van der Waals surface area contributed by atoms with Crippen molar-refractivity contribution in [1.29, 1.82) is 0 Å². The number of hydrogen-bond donors (Lipinski definition) is 0. The molecule has 27 heavy (non-hydrogen) atoms. The van der Waals surface area contributed by atoms with Gasteiger partial charge in [-0.3, -0.25) is 14.5 Å². The monoisotopic (exact) mass is 386 g/mol. The minimum Gasteiger partial charge on any atom is -0.416 e. The van der Waals surface area contributed by atoms with Crippen molar-refractivity contribution in [3.8, 4) is 0 Å². The molecule has 2 heterocycles. The molecule has 9 heteroatoms. The Balaban J connectivity index is 1.61. The third-order valence-electron chi connectivity index (χ3n) is 4.22.